The number of rotatable bonds is 4. The van der Waals surface area contributed by atoms with Crippen LogP contribution in [0.5, 0.6) is 0 Å². The second-order valence-corrected chi connectivity index (χ2v) is 4.27. The van der Waals surface area contributed by atoms with E-state index >= 15 is 0 Å². The van der Waals surface area contributed by atoms with Crippen molar-refractivity contribution in [1.82, 2.24) is 5.32 Å². The molecule has 1 amide bonds. The summed E-state index contributed by atoms with van der Waals surface area (Å²) in [6.07, 6.45) is 6.28. The normalized spacial score (nSPS) is 27.3. The first-order valence-electron chi connectivity index (χ1n) is 5.77. The molecule has 14 heavy (non-hydrogen) atoms. The fourth-order valence-corrected chi connectivity index (χ4v) is 2.00. The van der Waals surface area contributed by atoms with Gasteiger partial charge in [0, 0.05) is 18.5 Å². The third kappa shape index (κ3) is 3.66. The van der Waals surface area contributed by atoms with Crippen LogP contribution >= 0.6 is 0 Å². The smallest absolute Gasteiger partial charge is 0.223 e. The lowest BCUT2D eigenvalue weighted by Crippen LogP contribution is -2.38. The van der Waals surface area contributed by atoms with Gasteiger partial charge in [-0.1, -0.05) is 19.8 Å². The predicted molar refractivity (Wildman–Crippen MR) is 57.9 cm³/mol. The molecule has 82 valence electrons. The van der Waals surface area contributed by atoms with Crippen molar-refractivity contribution < 1.29 is 4.79 Å². The molecule has 0 saturated heterocycles. The number of carbonyl (C=O) groups excluding carboxylic acids is 1. The molecule has 0 aromatic heterocycles. The molecule has 1 saturated carbocycles. The van der Waals surface area contributed by atoms with Crippen LogP contribution in [0.2, 0.25) is 0 Å². The third-order valence-electron chi connectivity index (χ3n) is 2.92. The Morgan fingerprint density at radius 3 is 2.93 bits per heavy atom. The Kier molecular flexibility index (Phi) is 4.94. The molecule has 2 atom stereocenters. The quantitative estimate of drug-likeness (QED) is 0.671. The molecule has 2 unspecified atom stereocenters. The Hall–Kier alpha value is -0.570. The van der Waals surface area contributed by atoms with Crippen molar-refractivity contribution in [2.75, 3.05) is 6.54 Å². The number of carbonyl (C=O) groups is 1. The van der Waals surface area contributed by atoms with E-state index in [9.17, 15) is 4.79 Å². The average molecular weight is 198 g/mol. The highest BCUT2D eigenvalue weighted by atomic mass is 16.1. The minimum Gasteiger partial charge on any atom is -0.356 e. The molecule has 1 aliphatic carbocycles. The van der Waals surface area contributed by atoms with Gasteiger partial charge in [-0.3, -0.25) is 4.79 Å². The topological polar surface area (TPSA) is 55.1 Å². The van der Waals surface area contributed by atoms with Crippen LogP contribution in [-0.4, -0.2) is 18.5 Å². The van der Waals surface area contributed by atoms with Crippen LogP contribution in [0.4, 0.5) is 0 Å². The van der Waals surface area contributed by atoms with Gasteiger partial charge in [-0.2, -0.15) is 0 Å². The van der Waals surface area contributed by atoms with Crippen LogP contribution < -0.4 is 11.1 Å². The van der Waals surface area contributed by atoms with Gasteiger partial charge in [-0.25, -0.2) is 0 Å². The summed E-state index contributed by atoms with van der Waals surface area (Å²) in [6.45, 7) is 2.95. The Balaban J connectivity index is 2.22. The highest BCUT2D eigenvalue weighted by molar-refractivity contribution is 5.78. The van der Waals surface area contributed by atoms with Crippen LogP contribution in [0.15, 0.2) is 0 Å². The van der Waals surface area contributed by atoms with Gasteiger partial charge in [0.05, 0.1) is 0 Å². The fraction of sp³-hybridized carbons (Fsp3) is 0.909. The summed E-state index contributed by atoms with van der Waals surface area (Å²) in [5.74, 6) is 0.393. The van der Waals surface area contributed by atoms with E-state index < -0.39 is 0 Å². The molecule has 0 aliphatic heterocycles. The fourth-order valence-electron chi connectivity index (χ4n) is 2.00. The molecular formula is C11H22N2O. The van der Waals surface area contributed by atoms with Crippen LogP contribution in [0, 0.1) is 5.92 Å². The standard InChI is InChI=1S/C11H22N2O/c1-2-3-7-13-11(14)9-5-4-6-10(12)8-9/h9-10H,2-8,12H2,1H3,(H,13,14). The highest BCUT2D eigenvalue weighted by Crippen LogP contribution is 2.22. The predicted octanol–water partition coefficient (Wildman–Crippen LogP) is 1.42. The molecule has 0 radical (unpaired) electrons. The van der Waals surface area contributed by atoms with Gasteiger partial charge >= 0.3 is 0 Å². The van der Waals surface area contributed by atoms with E-state index in [4.69, 9.17) is 5.73 Å². The molecule has 1 fully saturated rings. The number of amides is 1. The molecule has 0 aromatic rings. The molecule has 0 aromatic carbocycles. The van der Waals surface area contributed by atoms with Gasteiger partial charge in [-0.05, 0) is 25.7 Å². The zero-order chi connectivity index (χ0) is 10.4. The second-order valence-electron chi connectivity index (χ2n) is 4.27. The molecular weight excluding hydrogens is 176 g/mol. The van der Waals surface area contributed by atoms with Gasteiger partial charge in [-0.15, -0.1) is 0 Å². The van der Waals surface area contributed by atoms with Crippen LogP contribution in [0.1, 0.15) is 45.4 Å². The van der Waals surface area contributed by atoms with Crippen molar-refractivity contribution in [3.63, 3.8) is 0 Å². The zero-order valence-corrected chi connectivity index (χ0v) is 9.09. The van der Waals surface area contributed by atoms with E-state index in [-0.39, 0.29) is 17.9 Å². The molecule has 0 spiro atoms. The summed E-state index contributed by atoms with van der Waals surface area (Å²) in [7, 11) is 0. The van der Waals surface area contributed by atoms with Crippen molar-refractivity contribution in [3.05, 3.63) is 0 Å². The lowest BCUT2D eigenvalue weighted by molar-refractivity contribution is -0.126. The average Bonchev–Trinajstić information content (AvgIpc) is 2.18. The zero-order valence-electron chi connectivity index (χ0n) is 9.09. The molecule has 3 nitrogen and oxygen atoms in total. The number of hydrogen-bond acceptors (Lipinski definition) is 2. The minimum absolute atomic E-state index is 0.176. The maximum Gasteiger partial charge on any atom is 0.223 e. The number of nitrogens with one attached hydrogen (secondary N) is 1. The summed E-state index contributed by atoms with van der Waals surface area (Å²) in [5.41, 5.74) is 5.84. The van der Waals surface area contributed by atoms with Gasteiger partial charge in [0.1, 0.15) is 0 Å². The van der Waals surface area contributed by atoms with Crippen LogP contribution in [-0.2, 0) is 4.79 Å². The monoisotopic (exact) mass is 198 g/mol. The first-order chi connectivity index (χ1) is 6.74. The summed E-state index contributed by atoms with van der Waals surface area (Å²) < 4.78 is 0. The van der Waals surface area contributed by atoms with Gasteiger partial charge < -0.3 is 11.1 Å². The minimum atomic E-state index is 0.176. The number of hydrogen-bond donors (Lipinski definition) is 2. The lowest BCUT2D eigenvalue weighted by atomic mass is 9.85. The Labute approximate surface area is 86.4 Å². The summed E-state index contributed by atoms with van der Waals surface area (Å²) >= 11 is 0. The lowest BCUT2D eigenvalue weighted by Gasteiger charge is -2.25. The highest BCUT2D eigenvalue weighted by Gasteiger charge is 2.24. The largest absolute Gasteiger partial charge is 0.356 e. The van der Waals surface area contributed by atoms with E-state index in [2.05, 4.69) is 12.2 Å². The number of unbranched alkanes of at least 4 members (excludes halogenated alkanes) is 1. The summed E-state index contributed by atoms with van der Waals surface area (Å²) in [5, 5.41) is 2.98. The van der Waals surface area contributed by atoms with E-state index in [1.165, 1.54) is 0 Å². The van der Waals surface area contributed by atoms with E-state index in [0.717, 1.165) is 45.1 Å². The molecule has 1 aliphatic rings. The first kappa shape index (κ1) is 11.5. The molecule has 1 rings (SSSR count). The van der Waals surface area contributed by atoms with E-state index in [1.54, 1.807) is 0 Å². The van der Waals surface area contributed by atoms with Crippen molar-refractivity contribution >= 4 is 5.91 Å². The van der Waals surface area contributed by atoms with Gasteiger partial charge in [0.15, 0.2) is 0 Å². The molecule has 0 bridgehead atoms. The third-order valence-corrected chi connectivity index (χ3v) is 2.92. The van der Waals surface area contributed by atoms with Crippen molar-refractivity contribution in [2.24, 2.45) is 11.7 Å². The Morgan fingerprint density at radius 1 is 1.50 bits per heavy atom. The SMILES string of the molecule is CCCCNC(=O)C1CCCC(N)C1. The van der Waals surface area contributed by atoms with Crippen LogP contribution in [0.3, 0.4) is 0 Å². The van der Waals surface area contributed by atoms with Gasteiger partial charge in [0.25, 0.3) is 0 Å². The van der Waals surface area contributed by atoms with Crippen LogP contribution in [0.25, 0.3) is 0 Å². The maximum absolute atomic E-state index is 11.7. The van der Waals surface area contributed by atoms with E-state index in [0.29, 0.717) is 0 Å². The second kappa shape index (κ2) is 6.02. The summed E-state index contributed by atoms with van der Waals surface area (Å²) in [6, 6.07) is 0.241. The Bertz CT molecular complexity index is 182. The van der Waals surface area contributed by atoms with Gasteiger partial charge in [0.2, 0.25) is 5.91 Å². The van der Waals surface area contributed by atoms with Crippen molar-refractivity contribution in [2.45, 2.75) is 51.5 Å². The summed E-state index contributed by atoms with van der Waals surface area (Å²) in [4.78, 5) is 11.7. The first-order valence-corrected chi connectivity index (χ1v) is 5.77. The molecule has 3 N–H and O–H groups in total. The van der Waals surface area contributed by atoms with Crippen molar-refractivity contribution in [1.29, 1.82) is 0 Å². The Morgan fingerprint density at radius 2 is 2.29 bits per heavy atom. The van der Waals surface area contributed by atoms with Crippen molar-refractivity contribution in [3.8, 4) is 0 Å². The molecule has 3 heteroatoms. The van der Waals surface area contributed by atoms with E-state index in [1.807, 2.05) is 0 Å². The maximum atomic E-state index is 11.7. The molecule has 0 heterocycles. The number of nitrogens with two attached hydrogens (primary N) is 1.